The predicted molar refractivity (Wildman–Crippen MR) is 76.1 cm³/mol. The van der Waals surface area contributed by atoms with Crippen molar-refractivity contribution < 1.29 is 0 Å². The third-order valence-corrected chi connectivity index (χ3v) is 3.14. The number of hydrogen-bond donors (Lipinski definition) is 1. The van der Waals surface area contributed by atoms with E-state index in [1.165, 1.54) is 5.69 Å². The van der Waals surface area contributed by atoms with Crippen LogP contribution < -0.4 is 10.2 Å². The van der Waals surface area contributed by atoms with Crippen molar-refractivity contribution in [3.63, 3.8) is 0 Å². The molecule has 0 aromatic carbocycles. The lowest BCUT2D eigenvalue weighted by molar-refractivity contribution is 0.469. The van der Waals surface area contributed by atoms with Gasteiger partial charge in [-0.3, -0.25) is 0 Å². The Hall–Kier alpha value is -1.82. The van der Waals surface area contributed by atoms with Crippen LogP contribution in [-0.2, 0) is 20.1 Å². The first kappa shape index (κ1) is 13.6. The van der Waals surface area contributed by atoms with Gasteiger partial charge in [0, 0.05) is 52.7 Å². The van der Waals surface area contributed by atoms with Crippen molar-refractivity contribution in [2.45, 2.75) is 26.1 Å². The second-order valence-corrected chi connectivity index (χ2v) is 5.04. The summed E-state index contributed by atoms with van der Waals surface area (Å²) in [4.78, 5) is 10.5. The van der Waals surface area contributed by atoms with Crippen LogP contribution in [0.5, 0.6) is 0 Å². The lowest BCUT2D eigenvalue weighted by Crippen LogP contribution is -2.30. The van der Waals surface area contributed by atoms with E-state index in [0.29, 0.717) is 6.04 Å². The summed E-state index contributed by atoms with van der Waals surface area (Å²) in [6, 6.07) is 0.381. The molecule has 1 atom stereocenters. The number of nitrogens with one attached hydrogen (secondary N) is 1. The molecule has 2 heterocycles. The summed E-state index contributed by atoms with van der Waals surface area (Å²) >= 11 is 0. The van der Waals surface area contributed by atoms with E-state index in [0.717, 1.165) is 19.0 Å². The second kappa shape index (κ2) is 5.88. The fraction of sp³-hybridized carbons (Fsp3) is 0.538. The summed E-state index contributed by atoms with van der Waals surface area (Å²) in [6.45, 7) is 3.90. The molecule has 6 nitrogen and oxygen atoms in total. The van der Waals surface area contributed by atoms with Crippen LogP contribution in [0.4, 0.5) is 5.95 Å². The Morgan fingerprint density at radius 3 is 2.79 bits per heavy atom. The zero-order valence-electron chi connectivity index (χ0n) is 12.0. The van der Waals surface area contributed by atoms with Gasteiger partial charge in [0.15, 0.2) is 0 Å². The molecule has 2 rings (SSSR count). The van der Waals surface area contributed by atoms with Gasteiger partial charge in [0.1, 0.15) is 0 Å². The molecule has 0 bridgehead atoms. The Kier molecular flexibility index (Phi) is 4.21. The predicted octanol–water partition coefficient (Wildman–Crippen LogP) is 0.861. The Labute approximate surface area is 114 Å². The van der Waals surface area contributed by atoms with E-state index in [-0.39, 0.29) is 0 Å². The Bertz CT molecular complexity index is 499. The second-order valence-electron chi connectivity index (χ2n) is 5.04. The number of hydrogen-bond acceptors (Lipinski definition) is 4. The van der Waals surface area contributed by atoms with Gasteiger partial charge in [0.25, 0.3) is 0 Å². The summed E-state index contributed by atoms with van der Waals surface area (Å²) in [5.41, 5.74) is 1.18. The van der Waals surface area contributed by atoms with Crippen LogP contribution in [0.1, 0.15) is 12.6 Å². The highest BCUT2D eigenvalue weighted by Gasteiger charge is 2.09. The van der Waals surface area contributed by atoms with Crippen LogP contribution in [0.15, 0.2) is 24.9 Å². The Balaban J connectivity index is 1.88. The van der Waals surface area contributed by atoms with Crippen molar-refractivity contribution >= 4 is 5.95 Å². The summed E-state index contributed by atoms with van der Waals surface area (Å²) in [6.07, 6.45) is 7.54. The molecule has 0 aliphatic carbocycles. The standard InChI is InChI=1S/C13H22N6/c1-11(9-19-6-5-14-10-19)15-7-12-8-16-13(17(2)3)18(12)4/h5-6,8,10-11,15H,7,9H2,1-4H3. The van der Waals surface area contributed by atoms with Gasteiger partial charge in [-0.15, -0.1) is 0 Å². The first-order chi connectivity index (χ1) is 9.08. The van der Waals surface area contributed by atoms with Crippen LogP contribution >= 0.6 is 0 Å². The van der Waals surface area contributed by atoms with Crippen LogP contribution in [-0.4, -0.2) is 39.2 Å². The van der Waals surface area contributed by atoms with E-state index in [4.69, 9.17) is 0 Å². The Morgan fingerprint density at radius 2 is 2.21 bits per heavy atom. The highest BCUT2D eigenvalue weighted by Crippen LogP contribution is 2.10. The van der Waals surface area contributed by atoms with Crippen molar-refractivity contribution in [1.29, 1.82) is 0 Å². The smallest absolute Gasteiger partial charge is 0.204 e. The van der Waals surface area contributed by atoms with E-state index >= 15 is 0 Å². The summed E-state index contributed by atoms with van der Waals surface area (Å²) in [7, 11) is 6.04. The van der Waals surface area contributed by atoms with Crippen LogP contribution in [0.3, 0.4) is 0 Å². The van der Waals surface area contributed by atoms with Gasteiger partial charge < -0.3 is 19.4 Å². The van der Waals surface area contributed by atoms with Gasteiger partial charge in [0.05, 0.1) is 18.2 Å². The minimum Gasteiger partial charge on any atom is -0.348 e. The van der Waals surface area contributed by atoms with E-state index in [1.54, 1.807) is 6.20 Å². The molecular weight excluding hydrogens is 240 g/mol. The molecule has 6 heteroatoms. The van der Waals surface area contributed by atoms with Crippen molar-refractivity contribution in [2.24, 2.45) is 7.05 Å². The van der Waals surface area contributed by atoms with Gasteiger partial charge in [-0.1, -0.05) is 0 Å². The molecule has 0 saturated heterocycles. The van der Waals surface area contributed by atoms with Crippen molar-refractivity contribution in [3.8, 4) is 0 Å². The van der Waals surface area contributed by atoms with Gasteiger partial charge in [0.2, 0.25) is 5.95 Å². The highest BCUT2D eigenvalue weighted by atomic mass is 15.3. The third-order valence-electron chi connectivity index (χ3n) is 3.14. The fourth-order valence-corrected chi connectivity index (χ4v) is 2.07. The molecule has 1 N–H and O–H groups in total. The molecule has 0 aliphatic rings. The molecule has 19 heavy (non-hydrogen) atoms. The summed E-state index contributed by atoms with van der Waals surface area (Å²) < 4.78 is 4.18. The van der Waals surface area contributed by atoms with E-state index < -0.39 is 0 Å². The molecular formula is C13H22N6. The lowest BCUT2D eigenvalue weighted by Gasteiger charge is -2.16. The van der Waals surface area contributed by atoms with Crippen molar-refractivity contribution in [1.82, 2.24) is 24.4 Å². The molecule has 0 saturated carbocycles. The quantitative estimate of drug-likeness (QED) is 0.839. The van der Waals surface area contributed by atoms with E-state index in [9.17, 15) is 0 Å². The maximum absolute atomic E-state index is 4.40. The minimum atomic E-state index is 0.381. The van der Waals surface area contributed by atoms with Crippen LogP contribution in [0.25, 0.3) is 0 Å². The first-order valence-electron chi connectivity index (χ1n) is 6.45. The van der Waals surface area contributed by atoms with Crippen molar-refractivity contribution in [3.05, 3.63) is 30.6 Å². The van der Waals surface area contributed by atoms with Gasteiger partial charge in [-0.05, 0) is 6.92 Å². The largest absolute Gasteiger partial charge is 0.348 e. The SMILES string of the molecule is CC(Cn1ccnc1)NCc1cnc(N(C)C)n1C. The topological polar surface area (TPSA) is 50.9 Å². The number of imidazole rings is 2. The molecule has 2 aromatic rings. The fourth-order valence-electron chi connectivity index (χ4n) is 2.07. The van der Waals surface area contributed by atoms with Crippen LogP contribution in [0, 0.1) is 0 Å². The Morgan fingerprint density at radius 1 is 1.42 bits per heavy atom. The van der Waals surface area contributed by atoms with Crippen molar-refractivity contribution in [2.75, 3.05) is 19.0 Å². The normalized spacial score (nSPS) is 12.6. The first-order valence-corrected chi connectivity index (χ1v) is 6.45. The summed E-state index contributed by atoms with van der Waals surface area (Å²) in [5.74, 6) is 0.971. The summed E-state index contributed by atoms with van der Waals surface area (Å²) in [5, 5.41) is 3.50. The van der Waals surface area contributed by atoms with E-state index in [1.807, 2.05) is 44.8 Å². The number of anilines is 1. The maximum atomic E-state index is 4.40. The highest BCUT2D eigenvalue weighted by molar-refractivity contribution is 5.30. The van der Waals surface area contributed by atoms with Gasteiger partial charge in [-0.25, -0.2) is 9.97 Å². The third kappa shape index (κ3) is 3.35. The molecule has 104 valence electrons. The molecule has 0 spiro atoms. The zero-order valence-corrected chi connectivity index (χ0v) is 12.0. The molecule has 0 aliphatic heterocycles. The molecule has 2 aromatic heterocycles. The molecule has 0 fully saturated rings. The van der Waals surface area contributed by atoms with Crippen LogP contribution in [0.2, 0.25) is 0 Å². The number of aromatic nitrogens is 4. The number of nitrogens with zero attached hydrogens (tertiary/aromatic N) is 5. The van der Waals surface area contributed by atoms with Gasteiger partial charge in [-0.2, -0.15) is 0 Å². The molecule has 0 amide bonds. The average molecular weight is 262 g/mol. The molecule has 1 unspecified atom stereocenters. The zero-order chi connectivity index (χ0) is 13.8. The maximum Gasteiger partial charge on any atom is 0.204 e. The molecule has 0 radical (unpaired) electrons. The number of rotatable bonds is 6. The average Bonchev–Trinajstić information content (AvgIpc) is 2.96. The monoisotopic (exact) mass is 262 g/mol. The van der Waals surface area contributed by atoms with Gasteiger partial charge >= 0.3 is 0 Å². The lowest BCUT2D eigenvalue weighted by atomic mass is 10.3. The minimum absolute atomic E-state index is 0.381. The van der Waals surface area contributed by atoms with E-state index in [2.05, 4.69) is 31.3 Å².